The Labute approximate surface area is 135 Å². The smallest absolute Gasteiger partial charge is 0.263 e. The van der Waals surface area contributed by atoms with E-state index in [0.717, 1.165) is 5.69 Å². The minimum absolute atomic E-state index is 0.0698. The molecule has 0 unspecified atom stereocenters. The molecule has 4 nitrogen and oxygen atoms in total. The normalized spacial score (nSPS) is 11.8. The van der Waals surface area contributed by atoms with Crippen LogP contribution < -0.4 is 4.74 Å². The summed E-state index contributed by atoms with van der Waals surface area (Å²) in [6, 6.07) is 13.4. The molecule has 0 aliphatic rings. The number of hydrogen-bond acceptors (Lipinski definition) is 4. The van der Waals surface area contributed by atoms with Crippen molar-refractivity contribution in [3.05, 3.63) is 54.4 Å². The van der Waals surface area contributed by atoms with Gasteiger partial charge in [-0.05, 0) is 49.6 Å². The molecule has 0 radical (unpaired) electrons. The fraction of sp³-hybridized carbons (Fsp3) is 0.294. The van der Waals surface area contributed by atoms with E-state index in [2.05, 4.69) is 4.98 Å². The van der Waals surface area contributed by atoms with Crippen LogP contribution in [0.1, 0.15) is 12.6 Å². The van der Waals surface area contributed by atoms with Crippen molar-refractivity contribution in [2.75, 3.05) is 13.3 Å². The first-order chi connectivity index (χ1) is 10.6. The van der Waals surface area contributed by atoms with Crippen LogP contribution in [0.15, 0.2) is 53.6 Å². The predicted octanol–water partition coefficient (Wildman–Crippen LogP) is 3.23. The summed E-state index contributed by atoms with van der Waals surface area (Å²) in [5, 5.41) is 0. The van der Waals surface area contributed by atoms with Crippen LogP contribution in [-0.2, 0) is 11.3 Å². The maximum absolute atomic E-state index is 12.3. The van der Waals surface area contributed by atoms with Crippen LogP contribution >= 0.6 is 11.8 Å². The van der Waals surface area contributed by atoms with Crippen LogP contribution in [0.2, 0.25) is 0 Å². The quantitative estimate of drug-likeness (QED) is 0.767. The number of nitrogens with zero attached hydrogens (tertiary/aromatic N) is 2. The number of carbonyl (C=O) groups is 1. The van der Waals surface area contributed by atoms with E-state index in [9.17, 15) is 4.79 Å². The van der Waals surface area contributed by atoms with Crippen LogP contribution in [-0.4, -0.2) is 35.2 Å². The van der Waals surface area contributed by atoms with Crippen molar-refractivity contribution in [2.45, 2.75) is 24.5 Å². The van der Waals surface area contributed by atoms with E-state index in [1.54, 1.807) is 36.8 Å². The van der Waals surface area contributed by atoms with Gasteiger partial charge in [0.2, 0.25) is 0 Å². The van der Waals surface area contributed by atoms with Crippen LogP contribution in [0.4, 0.5) is 0 Å². The van der Waals surface area contributed by atoms with Gasteiger partial charge in [0, 0.05) is 18.1 Å². The molecular formula is C17H20N2O2S. The Morgan fingerprint density at radius 1 is 1.27 bits per heavy atom. The van der Waals surface area contributed by atoms with Gasteiger partial charge in [0.25, 0.3) is 5.91 Å². The zero-order valence-corrected chi connectivity index (χ0v) is 13.8. The van der Waals surface area contributed by atoms with Crippen molar-refractivity contribution >= 4 is 17.7 Å². The molecule has 0 spiro atoms. The second-order valence-electron chi connectivity index (χ2n) is 4.95. The Morgan fingerprint density at radius 3 is 2.59 bits per heavy atom. The molecule has 1 atom stereocenters. The number of pyridine rings is 1. The Bertz CT molecular complexity index is 602. The molecule has 0 aliphatic carbocycles. The first kappa shape index (κ1) is 16.4. The van der Waals surface area contributed by atoms with Gasteiger partial charge in [-0.2, -0.15) is 0 Å². The molecule has 5 heteroatoms. The maximum atomic E-state index is 12.3. The molecule has 1 aromatic carbocycles. The van der Waals surface area contributed by atoms with Crippen molar-refractivity contribution < 1.29 is 9.53 Å². The van der Waals surface area contributed by atoms with Crippen molar-refractivity contribution in [1.29, 1.82) is 0 Å². The van der Waals surface area contributed by atoms with E-state index >= 15 is 0 Å². The first-order valence-corrected chi connectivity index (χ1v) is 8.28. The Balaban J connectivity index is 1.93. The summed E-state index contributed by atoms with van der Waals surface area (Å²) in [5.41, 5.74) is 0.856. The number of carbonyl (C=O) groups excluding carboxylic acids is 1. The van der Waals surface area contributed by atoms with Gasteiger partial charge in [-0.3, -0.25) is 9.78 Å². The van der Waals surface area contributed by atoms with Gasteiger partial charge in [0.05, 0.1) is 12.2 Å². The third kappa shape index (κ3) is 4.49. The highest BCUT2D eigenvalue weighted by Crippen LogP contribution is 2.20. The monoisotopic (exact) mass is 316 g/mol. The van der Waals surface area contributed by atoms with E-state index in [0.29, 0.717) is 12.3 Å². The second kappa shape index (κ2) is 7.84. The summed E-state index contributed by atoms with van der Waals surface area (Å²) < 4.78 is 5.71. The molecule has 22 heavy (non-hydrogen) atoms. The average Bonchev–Trinajstić information content (AvgIpc) is 2.55. The maximum Gasteiger partial charge on any atom is 0.263 e. The summed E-state index contributed by atoms with van der Waals surface area (Å²) in [6.07, 6.45) is 3.21. The summed E-state index contributed by atoms with van der Waals surface area (Å²) in [6.45, 7) is 2.23. The summed E-state index contributed by atoms with van der Waals surface area (Å²) in [7, 11) is 1.76. The molecule has 2 aromatic rings. The molecule has 0 aliphatic heterocycles. The number of rotatable bonds is 6. The van der Waals surface area contributed by atoms with Crippen LogP contribution in [0.3, 0.4) is 0 Å². The topological polar surface area (TPSA) is 42.4 Å². The first-order valence-electron chi connectivity index (χ1n) is 7.05. The molecule has 0 N–H and O–H groups in total. The lowest BCUT2D eigenvalue weighted by Gasteiger charge is -2.22. The zero-order valence-electron chi connectivity index (χ0n) is 13.0. The molecular weight excluding hydrogens is 296 g/mol. The minimum atomic E-state index is -0.533. The highest BCUT2D eigenvalue weighted by Gasteiger charge is 2.19. The van der Waals surface area contributed by atoms with Crippen LogP contribution in [0.25, 0.3) is 0 Å². The fourth-order valence-corrected chi connectivity index (χ4v) is 2.44. The largest absolute Gasteiger partial charge is 0.481 e. The highest BCUT2D eigenvalue weighted by atomic mass is 32.2. The van der Waals surface area contributed by atoms with Gasteiger partial charge in [0.15, 0.2) is 6.10 Å². The third-order valence-electron chi connectivity index (χ3n) is 3.22. The van der Waals surface area contributed by atoms with Crippen molar-refractivity contribution in [1.82, 2.24) is 9.88 Å². The lowest BCUT2D eigenvalue weighted by atomic mass is 10.3. The van der Waals surface area contributed by atoms with Crippen molar-refractivity contribution in [3.63, 3.8) is 0 Å². The lowest BCUT2D eigenvalue weighted by Crippen LogP contribution is -2.37. The summed E-state index contributed by atoms with van der Waals surface area (Å²) >= 11 is 1.67. The molecule has 0 saturated heterocycles. The molecule has 116 valence electrons. The number of thioether (sulfide) groups is 1. The number of amides is 1. The molecule has 1 amide bonds. The van der Waals surface area contributed by atoms with E-state index in [4.69, 9.17) is 4.74 Å². The third-order valence-corrected chi connectivity index (χ3v) is 3.97. The van der Waals surface area contributed by atoms with E-state index in [1.807, 2.05) is 48.7 Å². The van der Waals surface area contributed by atoms with Crippen molar-refractivity contribution in [3.8, 4) is 5.75 Å². The number of benzene rings is 1. The Morgan fingerprint density at radius 2 is 2.00 bits per heavy atom. The average molecular weight is 316 g/mol. The molecule has 0 fully saturated rings. The van der Waals surface area contributed by atoms with E-state index in [-0.39, 0.29) is 5.91 Å². The van der Waals surface area contributed by atoms with Crippen molar-refractivity contribution in [2.24, 2.45) is 0 Å². The lowest BCUT2D eigenvalue weighted by molar-refractivity contribution is -0.137. The number of aromatic nitrogens is 1. The minimum Gasteiger partial charge on any atom is -0.481 e. The molecule has 1 aromatic heterocycles. The number of hydrogen-bond donors (Lipinski definition) is 0. The Kier molecular flexibility index (Phi) is 5.83. The van der Waals surface area contributed by atoms with Gasteiger partial charge in [-0.15, -0.1) is 11.8 Å². The van der Waals surface area contributed by atoms with Gasteiger partial charge >= 0.3 is 0 Å². The molecule has 0 saturated carbocycles. The van der Waals surface area contributed by atoms with Gasteiger partial charge in [0.1, 0.15) is 5.75 Å². The van der Waals surface area contributed by atoms with Gasteiger partial charge < -0.3 is 9.64 Å². The summed E-state index contributed by atoms with van der Waals surface area (Å²) in [5.74, 6) is 0.629. The van der Waals surface area contributed by atoms with E-state index < -0.39 is 6.10 Å². The second-order valence-corrected chi connectivity index (χ2v) is 5.83. The molecule has 0 bridgehead atoms. The van der Waals surface area contributed by atoms with Gasteiger partial charge in [-0.1, -0.05) is 6.07 Å². The fourth-order valence-electron chi connectivity index (χ4n) is 2.03. The molecule has 1 heterocycles. The zero-order chi connectivity index (χ0) is 15.9. The van der Waals surface area contributed by atoms with Crippen LogP contribution in [0, 0.1) is 0 Å². The summed E-state index contributed by atoms with van der Waals surface area (Å²) in [4.78, 5) is 19.4. The Hall–Kier alpha value is -2.01. The number of likely N-dealkylation sites (N-methyl/N-ethyl adjacent to an activating group) is 1. The standard InChI is InChI=1S/C17H20N2O2S/c1-13(21-15-7-9-16(22-3)10-8-15)17(20)19(2)12-14-6-4-5-11-18-14/h4-11,13H,12H2,1-3H3/t13-/m1/s1. The van der Waals surface area contributed by atoms with E-state index in [1.165, 1.54) is 4.90 Å². The predicted molar refractivity (Wildman–Crippen MR) is 89.0 cm³/mol. The van der Waals surface area contributed by atoms with Crippen LogP contribution in [0.5, 0.6) is 5.75 Å². The highest BCUT2D eigenvalue weighted by molar-refractivity contribution is 7.98. The SMILES string of the molecule is CSc1ccc(O[C@H](C)C(=O)N(C)Cc2ccccn2)cc1. The molecule has 2 rings (SSSR count). The van der Waals surface area contributed by atoms with Gasteiger partial charge in [-0.25, -0.2) is 0 Å². The number of ether oxygens (including phenoxy) is 1.